The highest BCUT2D eigenvalue weighted by Crippen LogP contribution is 2.30. The van der Waals surface area contributed by atoms with Crippen LogP contribution in [0, 0.1) is 0 Å². The Morgan fingerprint density at radius 3 is 2.95 bits per heavy atom. The van der Waals surface area contributed by atoms with Gasteiger partial charge in [-0.05, 0) is 25.1 Å². The van der Waals surface area contributed by atoms with Crippen LogP contribution in [0.25, 0.3) is 0 Å². The fraction of sp³-hybridized carbons (Fsp3) is 0.231. The van der Waals surface area contributed by atoms with Crippen LogP contribution in [0.1, 0.15) is 16.6 Å². The molecule has 112 valence electrons. The van der Waals surface area contributed by atoms with Gasteiger partial charge in [0.05, 0.1) is 12.8 Å². The zero-order chi connectivity index (χ0) is 15.4. The molecule has 1 aromatic carbocycles. The first-order valence-corrected chi connectivity index (χ1v) is 7.81. The van der Waals surface area contributed by atoms with Crippen LogP contribution < -0.4 is 21.1 Å². The number of nitrogens with one attached hydrogen (secondary N) is 2. The summed E-state index contributed by atoms with van der Waals surface area (Å²) in [5.74, 6) is 0.467. The van der Waals surface area contributed by atoms with Crippen molar-refractivity contribution in [2.45, 2.75) is 6.92 Å². The molecule has 4 N–H and O–H groups in total. The van der Waals surface area contributed by atoms with E-state index in [0.29, 0.717) is 28.0 Å². The first-order valence-electron chi connectivity index (χ1n) is 6.20. The fourth-order valence-electron chi connectivity index (χ4n) is 1.68. The Balaban J connectivity index is 2.23. The zero-order valence-corrected chi connectivity index (χ0v) is 14.0. The van der Waals surface area contributed by atoms with Gasteiger partial charge in [-0.1, -0.05) is 27.3 Å². The smallest absolute Gasteiger partial charge is 0.269 e. The van der Waals surface area contributed by atoms with Gasteiger partial charge in [0, 0.05) is 11.0 Å². The van der Waals surface area contributed by atoms with Crippen LogP contribution in [-0.2, 0) is 0 Å². The molecule has 2 aromatic rings. The maximum atomic E-state index is 12.3. The predicted molar refractivity (Wildman–Crippen MR) is 89.3 cm³/mol. The van der Waals surface area contributed by atoms with E-state index in [0.717, 1.165) is 4.47 Å². The maximum absolute atomic E-state index is 12.3. The van der Waals surface area contributed by atoms with Crippen molar-refractivity contribution in [3.8, 4) is 5.75 Å². The van der Waals surface area contributed by atoms with E-state index in [1.54, 1.807) is 19.2 Å². The first-order chi connectivity index (χ1) is 10.0. The van der Waals surface area contributed by atoms with Crippen molar-refractivity contribution in [2.75, 3.05) is 30.0 Å². The van der Waals surface area contributed by atoms with Crippen LogP contribution in [0.2, 0.25) is 0 Å². The molecule has 0 bridgehead atoms. The van der Waals surface area contributed by atoms with Gasteiger partial charge >= 0.3 is 0 Å². The Labute approximate surface area is 134 Å². The van der Waals surface area contributed by atoms with E-state index < -0.39 is 0 Å². The van der Waals surface area contributed by atoms with Gasteiger partial charge < -0.3 is 21.1 Å². The lowest BCUT2D eigenvalue weighted by atomic mass is 10.3. The largest absolute Gasteiger partial charge is 0.495 e. The van der Waals surface area contributed by atoms with Crippen molar-refractivity contribution in [1.82, 2.24) is 4.98 Å². The number of ether oxygens (including phenoxy) is 1. The summed E-state index contributed by atoms with van der Waals surface area (Å²) in [5, 5.41) is 6.44. The number of carbonyl (C=O) groups excluding carboxylic acids is 1. The lowest BCUT2D eigenvalue weighted by Gasteiger charge is -2.09. The molecule has 0 saturated carbocycles. The Kier molecular flexibility index (Phi) is 5.03. The van der Waals surface area contributed by atoms with Gasteiger partial charge in [0.15, 0.2) is 5.13 Å². The minimum Gasteiger partial charge on any atom is -0.495 e. The van der Waals surface area contributed by atoms with Crippen molar-refractivity contribution in [1.29, 1.82) is 0 Å². The van der Waals surface area contributed by atoms with Gasteiger partial charge in [0.2, 0.25) is 0 Å². The number of amides is 1. The van der Waals surface area contributed by atoms with Crippen LogP contribution in [0.4, 0.5) is 16.6 Å². The number of anilines is 3. The molecule has 6 nitrogen and oxygen atoms in total. The summed E-state index contributed by atoms with van der Waals surface area (Å²) >= 11 is 4.58. The molecule has 0 unspecified atom stereocenters. The fourth-order valence-corrected chi connectivity index (χ4v) is 2.89. The van der Waals surface area contributed by atoms with Crippen molar-refractivity contribution in [2.24, 2.45) is 0 Å². The summed E-state index contributed by atoms with van der Waals surface area (Å²) in [6.07, 6.45) is 0. The molecule has 1 amide bonds. The molecule has 0 aliphatic heterocycles. The van der Waals surface area contributed by atoms with Crippen molar-refractivity contribution < 1.29 is 9.53 Å². The third kappa shape index (κ3) is 3.64. The first kappa shape index (κ1) is 15.6. The minimum absolute atomic E-state index is 0.211. The molecule has 2 rings (SSSR count). The molecule has 0 spiro atoms. The molecule has 0 aliphatic rings. The average Bonchev–Trinajstić information content (AvgIpc) is 2.80. The van der Waals surface area contributed by atoms with Crippen molar-refractivity contribution in [3.63, 3.8) is 0 Å². The molecular weight excluding hydrogens is 356 g/mol. The number of halogens is 1. The quantitative estimate of drug-likeness (QED) is 0.751. The van der Waals surface area contributed by atoms with Gasteiger partial charge in [0.25, 0.3) is 5.91 Å². The number of nitrogen functional groups attached to an aromatic ring is 1. The normalized spacial score (nSPS) is 10.2. The van der Waals surface area contributed by atoms with Gasteiger partial charge in [0.1, 0.15) is 16.4 Å². The van der Waals surface area contributed by atoms with E-state index >= 15 is 0 Å². The van der Waals surface area contributed by atoms with Gasteiger partial charge in [-0.25, -0.2) is 4.98 Å². The monoisotopic (exact) mass is 370 g/mol. The van der Waals surface area contributed by atoms with Crippen LogP contribution in [0.5, 0.6) is 5.75 Å². The summed E-state index contributed by atoms with van der Waals surface area (Å²) < 4.78 is 6.06. The Bertz CT molecular complexity index is 660. The second kappa shape index (κ2) is 6.77. The van der Waals surface area contributed by atoms with E-state index in [4.69, 9.17) is 10.5 Å². The molecule has 0 radical (unpaired) electrons. The topological polar surface area (TPSA) is 89.3 Å². The van der Waals surface area contributed by atoms with Crippen LogP contribution in [0.15, 0.2) is 22.7 Å². The van der Waals surface area contributed by atoms with Gasteiger partial charge in [-0.2, -0.15) is 0 Å². The van der Waals surface area contributed by atoms with Gasteiger partial charge in [-0.15, -0.1) is 0 Å². The molecule has 0 saturated heterocycles. The minimum atomic E-state index is -0.314. The Hall–Kier alpha value is -1.80. The molecule has 21 heavy (non-hydrogen) atoms. The zero-order valence-electron chi connectivity index (χ0n) is 11.6. The number of hydrogen-bond acceptors (Lipinski definition) is 6. The lowest BCUT2D eigenvalue weighted by molar-refractivity contribution is 0.103. The summed E-state index contributed by atoms with van der Waals surface area (Å²) in [6, 6.07) is 5.36. The molecule has 0 fully saturated rings. The number of thiazole rings is 1. The third-order valence-electron chi connectivity index (χ3n) is 2.60. The van der Waals surface area contributed by atoms with Crippen LogP contribution in [-0.4, -0.2) is 24.5 Å². The number of nitrogens with zero attached hydrogens (tertiary/aromatic N) is 1. The SMILES string of the molecule is CCNc1nc(N)c(C(=O)Nc2cc(Br)ccc2OC)s1. The number of methoxy groups -OCH3 is 1. The second-order valence-electron chi connectivity index (χ2n) is 4.06. The molecule has 1 heterocycles. The molecule has 0 aliphatic carbocycles. The van der Waals surface area contributed by atoms with Crippen LogP contribution in [0.3, 0.4) is 0 Å². The summed E-state index contributed by atoms with van der Waals surface area (Å²) in [6.45, 7) is 2.66. The summed E-state index contributed by atoms with van der Waals surface area (Å²) in [7, 11) is 1.54. The number of rotatable bonds is 5. The van der Waals surface area contributed by atoms with Gasteiger partial charge in [-0.3, -0.25) is 4.79 Å². The lowest BCUT2D eigenvalue weighted by Crippen LogP contribution is -2.13. The van der Waals surface area contributed by atoms with E-state index in [1.807, 2.05) is 13.0 Å². The molecule has 1 aromatic heterocycles. The van der Waals surface area contributed by atoms with E-state index in [-0.39, 0.29) is 11.7 Å². The molecular formula is C13H15BrN4O2S. The Morgan fingerprint density at radius 1 is 1.52 bits per heavy atom. The van der Waals surface area contributed by atoms with E-state index in [1.165, 1.54) is 11.3 Å². The number of nitrogens with two attached hydrogens (primary N) is 1. The molecule has 0 atom stereocenters. The summed E-state index contributed by atoms with van der Waals surface area (Å²) in [4.78, 5) is 16.8. The Morgan fingerprint density at radius 2 is 2.29 bits per heavy atom. The highest BCUT2D eigenvalue weighted by atomic mass is 79.9. The van der Waals surface area contributed by atoms with E-state index in [2.05, 4.69) is 31.5 Å². The number of benzene rings is 1. The number of carbonyl (C=O) groups is 1. The molecule has 8 heteroatoms. The highest BCUT2D eigenvalue weighted by Gasteiger charge is 2.17. The van der Waals surface area contributed by atoms with E-state index in [9.17, 15) is 4.79 Å². The summed E-state index contributed by atoms with van der Waals surface area (Å²) in [5.41, 5.74) is 6.35. The highest BCUT2D eigenvalue weighted by molar-refractivity contribution is 9.10. The predicted octanol–water partition coefficient (Wildman–Crippen LogP) is 3.18. The van der Waals surface area contributed by atoms with Crippen LogP contribution >= 0.6 is 27.3 Å². The average molecular weight is 371 g/mol. The van der Waals surface area contributed by atoms with Crippen molar-refractivity contribution in [3.05, 3.63) is 27.5 Å². The third-order valence-corrected chi connectivity index (χ3v) is 4.12. The second-order valence-corrected chi connectivity index (χ2v) is 5.98. The number of aromatic nitrogens is 1. The number of hydrogen-bond donors (Lipinski definition) is 3. The maximum Gasteiger partial charge on any atom is 0.269 e. The van der Waals surface area contributed by atoms with Crippen molar-refractivity contribution >= 4 is 49.8 Å². The standard InChI is InChI=1S/C13H15BrN4O2S/c1-3-16-13-18-11(15)10(21-13)12(19)17-8-6-7(14)4-5-9(8)20-2/h4-6H,3,15H2,1-2H3,(H,16,18)(H,17,19).